The second kappa shape index (κ2) is 12.9. The molecule has 230 valence electrons. The van der Waals surface area contributed by atoms with Crippen LogP contribution in [0.4, 0.5) is 5.69 Å². The van der Waals surface area contributed by atoms with Crippen LogP contribution in [0.25, 0.3) is 27.8 Å². The van der Waals surface area contributed by atoms with E-state index in [0.29, 0.717) is 49.9 Å². The maximum atomic E-state index is 13.9. The Bertz CT molecular complexity index is 1840. The molecule has 4 aromatic carbocycles. The molecular weight excluding hydrogens is 562 g/mol. The summed E-state index contributed by atoms with van der Waals surface area (Å²) in [6.45, 7) is 10.9. The minimum absolute atomic E-state index is 0.0399. The summed E-state index contributed by atoms with van der Waals surface area (Å²) in [6.07, 6.45) is 1.83. The van der Waals surface area contributed by atoms with Crippen molar-refractivity contribution in [2.45, 2.75) is 33.7 Å². The topological polar surface area (TPSA) is 79.7 Å². The van der Waals surface area contributed by atoms with Crippen molar-refractivity contribution in [2.24, 2.45) is 0 Å². The summed E-state index contributed by atoms with van der Waals surface area (Å²) < 4.78 is 7.72. The molecule has 0 atom stereocenters. The molecule has 1 aliphatic rings. The van der Waals surface area contributed by atoms with E-state index in [0.717, 1.165) is 39.0 Å². The minimum atomic E-state index is -0.0989. The van der Waals surface area contributed by atoms with E-state index in [-0.39, 0.29) is 17.9 Å². The van der Waals surface area contributed by atoms with Crippen LogP contribution in [0.3, 0.4) is 0 Å². The molecule has 8 heteroatoms. The second-order valence-corrected chi connectivity index (χ2v) is 11.7. The number of imidazole rings is 1. The van der Waals surface area contributed by atoms with E-state index in [1.54, 1.807) is 0 Å². The van der Waals surface area contributed by atoms with Crippen LogP contribution in [0.2, 0.25) is 0 Å². The van der Waals surface area contributed by atoms with Crippen molar-refractivity contribution in [1.29, 1.82) is 0 Å². The fourth-order valence-corrected chi connectivity index (χ4v) is 5.81. The summed E-state index contributed by atoms with van der Waals surface area (Å²) in [5, 5.41) is 4.99. The van der Waals surface area contributed by atoms with Crippen molar-refractivity contribution >= 4 is 28.3 Å². The van der Waals surface area contributed by atoms with Gasteiger partial charge in [-0.2, -0.15) is 0 Å². The highest BCUT2D eigenvalue weighted by Gasteiger charge is 2.26. The van der Waals surface area contributed by atoms with Crippen LogP contribution in [0, 0.1) is 6.92 Å². The zero-order chi connectivity index (χ0) is 31.5. The fourth-order valence-electron chi connectivity index (χ4n) is 5.81. The van der Waals surface area contributed by atoms with Crippen molar-refractivity contribution in [3.05, 3.63) is 108 Å². The first-order valence-corrected chi connectivity index (χ1v) is 15.6. The maximum Gasteiger partial charge on any atom is 0.274 e. The Morgan fingerprint density at radius 3 is 2.38 bits per heavy atom. The van der Waals surface area contributed by atoms with Crippen molar-refractivity contribution in [1.82, 2.24) is 19.8 Å². The monoisotopic (exact) mass is 601 g/mol. The molecule has 0 saturated carbocycles. The van der Waals surface area contributed by atoms with Gasteiger partial charge in [0.05, 0.1) is 12.3 Å². The first kappa shape index (κ1) is 29.9. The van der Waals surface area contributed by atoms with Crippen molar-refractivity contribution in [3.63, 3.8) is 0 Å². The summed E-state index contributed by atoms with van der Waals surface area (Å²) in [6, 6.07) is 28.1. The Hall–Kier alpha value is -5.11. The Balaban J connectivity index is 1.25. The van der Waals surface area contributed by atoms with Crippen molar-refractivity contribution < 1.29 is 14.3 Å². The van der Waals surface area contributed by atoms with Crippen LogP contribution < -0.4 is 15.0 Å². The van der Waals surface area contributed by atoms with Crippen LogP contribution in [0.15, 0.2) is 91.1 Å². The van der Waals surface area contributed by atoms with E-state index in [2.05, 4.69) is 35.3 Å². The molecular formula is C37H39N5O3. The number of ether oxygens (including phenoxy) is 1. The molecule has 2 amide bonds. The Kier molecular flexibility index (Phi) is 8.56. The molecule has 1 saturated heterocycles. The number of carbonyl (C=O) groups is 2. The third kappa shape index (κ3) is 6.41. The van der Waals surface area contributed by atoms with Gasteiger partial charge >= 0.3 is 0 Å². The highest BCUT2D eigenvalue weighted by molar-refractivity contribution is 6.08. The third-order valence-corrected chi connectivity index (χ3v) is 8.08. The summed E-state index contributed by atoms with van der Waals surface area (Å²) in [5.74, 6) is 1.29. The zero-order valence-corrected chi connectivity index (χ0v) is 26.3. The molecule has 5 aromatic rings. The molecule has 1 aliphatic heterocycles. The number of anilines is 1. The predicted molar refractivity (Wildman–Crippen MR) is 180 cm³/mol. The van der Waals surface area contributed by atoms with Gasteiger partial charge in [-0.1, -0.05) is 60.2 Å². The minimum Gasteiger partial charge on any atom is -0.494 e. The number of aryl methyl sites for hydroxylation is 1. The lowest BCUT2D eigenvalue weighted by atomic mass is 10.0. The smallest absolute Gasteiger partial charge is 0.274 e. The fraction of sp³-hybridized carbons (Fsp3) is 0.270. The first-order chi connectivity index (χ1) is 21.8. The van der Waals surface area contributed by atoms with E-state index in [9.17, 15) is 9.59 Å². The van der Waals surface area contributed by atoms with E-state index < -0.39 is 0 Å². The van der Waals surface area contributed by atoms with Gasteiger partial charge in [0.1, 0.15) is 17.3 Å². The number of hydrogen-bond donors (Lipinski definition) is 1. The van der Waals surface area contributed by atoms with Gasteiger partial charge in [0.15, 0.2) is 0 Å². The summed E-state index contributed by atoms with van der Waals surface area (Å²) in [5.41, 5.74) is 5.01. The third-order valence-electron chi connectivity index (χ3n) is 8.08. The summed E-state index contributed by atoms with van der Waals surface area (Å²) >= 11 is 0. The normalized spacial score (nSPS) is 13.4. The van der Waals surface area contributed by atoms with E-state index in [1.165, 1.54) is 0 Å². The van der Waals surface area contributed by atoms with E-state index in [1.807, 2.05) is 103 Å². The van der Waals surface area contributed by atoms with Gasteiger partial charge in [0, 0.05) is 61.3 Å². The molecule has 0 spiro atoms. The standard InChI is InChI=1S/C37H39N5O3/c1-5-45-31-11-8-10-29(22-31)42-24-34(39-35(42)27-15-13-26(4)14-16-27)37(44)41-19-17-40(18-20-41)30-21-28-9-6-7-12-32(28)33(23-30)36(43)38-25(2)3/h6-16,21-25H,5,17-20H2,1-4H3,(H,38,43). The molecule has 2 heterocycles. The number of hydrogen-bond acceptors (Lipinski definition) is 5. The average molecular weight is 602 g/mol. The summed E-state index contributed by atoms with van der Waals surface area (Å²) in [7, 11) is 0. The number of aromatic nitrogens is 2. The van der Waals surface area contributed by atoms with Crippen molar-refractivity contribution in [3.8, 4) is 22.8 Å². The van der Waals surface area contributed by atoms with Gasteiger partial charge in [0.25, 0.3) is 11.8 Å². The molecule has 0 unspecified atom stereocenters. The summed E-state index contributed by atoms with van der Waals surface area (Å²) in [4.78, 5) is 36.0. The van der Waals surface area contributed by atoms with Crippen LogP contribution in [-0.4, -0.2) is 65.1 Å². The maximum absolute atomic E-state index is 13.9. The average Bonchev–Trinajstić information content (AvgIpc) is 3.50. The van der Waals surface area contributed by atoms with E-state index in [4.69, 9.17) is 9.72 Å². The molecule has 45 heavy (non-hydrogen) atoms. The SMILES string of the molecule is CCOc1cccc(-n2cc(C(=O)N3CCN(c4cc(C(=O)NC(C)C)c5ccccc5c4)CC3)nc2-c2ccc(C)cc2)c1. The lowest BCUT2D eigenvalue weighted by Crippen LogP contribution is -2.49. The molecule has 8 nitrogen and oxygen atoms in total. The lowest BCUT2D eigenvalue weighted by molar-refractivity contribution is 0.0741. The van der Waals surface area contributed by atoms with Crippen LogP contribution in [0.5, 0.6) is 5.75 Å². The largest absolute Gasteiger partial charge is 0.494 e. The number of carbonyl (C=O) groups excluding carboxylic acids is 2. The number of piperazine rings is 1. The molecule has 1 N–H and O–H groups in total. The second-order valence-electron chi connectivity index (χ2n) is 11.7. The molecule has 0 aliphatic carbocycles. The van der Waals surface area contributed by atoms with Crippen LogP contribution in [0.1, 0.15) is 47.2 Å². The highest BCUT2D eigenvalue weighted by Crippen LogP contribution is 2.29. The number of rotatable bonds is 8. The molecule has 6 rings (SSSR count). The predicted octanol–water partition coefficient (Wildman–Crippen LogP) is 6.50. The van der Waals surface area contributed by atoms with Gasteiger partial charge in [-0.25, -0.2) is 4.98 Å². The van der Waals surface area contributed by atoms with Crippen LogP contribution in [-0.2, 0) is 0 Å². The van der Waals surface area contributed by atoms with E-state index >= 15 is 0 Å². The quantitative estimate of drug-likeness (QED) is 0.220. The van der Waals surface area contributed by atoms with Gasteiger partial charge in [-0.15, -0.1) is 0 Å². The van der Waals surface area contributed by atoms with Gasteiger partial charge in [0.2, 0.25) is 0 Å². The first-order valence-electron chi connectivity index (χ1n) is 15.6. The Labute approximate surface area is 264 Å². The number of benzene rings is 4. The molecule has 1 aromatic heterocycles. The van der Waals surface area contributed by atoms with Gasteiger partial charge in [-0.05, 0) is 62.7 Å². The lowest BCUT2D eigenvalue weighted by Gasteiger charge is -2.36. The molecule has 0 bridgehead atoms. The zero-order valence-electron chi connectivity index (χ0n) is 26.3. The van der Waals surface area contributed by atoms with Crippen molar-refractivity contribution in [2.75, 3.05) is 37.7 Å². The van der Waals surface area contributed by atoms with Crippen LogP contribution >= 0.6 is 0 Å². The molecule has 1 fully saturated rings. The Morgan fingerprint density at radius 2 is 1.64 bits per heavy atom. The Morgan fingerprint density at radius 1 is 0.889 bits per heavy atom. The molecule has 0 radical (unpaired) electrons. The van der Waals surface area contributed by atoms with Gasteiger partial charge in [-0.3, -0.25) is 14.2 Å². The number of amides is 2. The highest BCUT2D eigenvalue weighted by atomic mass is 16.5. The van der Waals surface area contributed by atoms with Gasteiger partial charge < -0.3 is 19.9 Å². The number of fused-ring (bicyclic) bond motifs is 1. The number of nitrogens with one attached hydrogen (secondary N) is 1. The number of nitrogens with zero attached hydrogens (tertiary/aromatic N) is 4.